The van der Waals surface area contributed by atoms with Crippen molar-refractivity contribution in [2.24, 2.45) is 0 Å². The average Bonchev–Trinajstić information content (AvgIpc) is 3.08. The van der Waals surface area contributed by atoms with Crippen LogP contribution < -0.4 is 0 Å². The van der Waals surface area contributed by atoms with E-state index in [1.54, 1.807) is 0 Å². The van der Waals surface area contributed by atoms with Crippen LogP contribution in [-0.2, 0) is 10.2 Å². The lowest BCUT2D eigenvalue weighted by Gasteiger charge is -2.33. The van der Waals surface area contributed by atoms with Crippen molar-refractivity contribution in [2.75, 3.05) is 13.1 Å². The zero-order valence-corrected chi connectivity index (χ0v) is 13.1. The van der Waals surface area contributed by atoms with Gasteiger partial charge in [-0.2, -0.15) is 0 Å². The molecule has 1 atom stereocenters. The minimum Gasteiger partial charge on any atom is -0.391 e. The topological polar surface area (TPSA) is 40.5 Å². The molecule has 1 N–H and O–H groups in total. The molecule has 0 spiro atoms. The number of halogens is 1. The Morgan fingerprint density at radius 1 is 1.25 bits per heavy atom. The molecule has 1 amide bonds. The van der Waals surface area contributed by atoms with E-state index in [9.17, 15) is 9.90 Å². The maximum Gasteiger partial charge on any atom is 0.233 e. The van der Waals surface area contributed by atoms with Gasteiger partial charge in [0.15, 0.2) is 0 Å². The van der Waals surface area contributed by atoms with Gasteiger partial charge in [0.1, 0.15) is 0 Å². The van der Waals surface area contributed by atoms with Crippen LogP contribution in [0.3, 0.4) is 0 Å². The van der Waals surface area contributed by atoms with Gasteiger partial charge in [0.2, 0.25) is 5.91 Å². The first-order chi connectivity index (χ1) is 9.62. The van der Waals surface area contributed by atoms with Gasteiger partial charge in [0, 0.05) is 17.6 Å². The molecule has 108 valence electrons. The fraction of sp³-hybridized carbons (Fsp3) is 0.562. The van der Waals surface area contributed by atoms with E-state index in [1.165, 1.54) is 0 Å². The second-order valence-corrected chi connectivity index (χ2v) is 6.91. The molecule has 1 heterocycles. The Kier molecular flexibility index (Phi) is 3.87. The van der Waals surface area contributed by atoms with Crippen molar-refractivity contribution in [3.05, 3.63) is 34.3 Å². The lowest BCUT2D eigenvalue weighted by Crippen LogP contribution is -2.44. The summed E-state index contributed by atoms with van der Waals surface area (Å²) in [6.07, 6.45) is 4.45. The SMILES string of the molecule is O=C(N1CC[C@@H](O)C1)C1(c2ccc(Br)cc2)CCCC1. The average molecular weight is 338 g/mol. The number of likely N-dealkylation sites (tertiary alicyclic amines) is 1. The normalized spacial score (nSPS) is 25.1. The number of benzene rings is 1. The Morgan fingerprint density at radius 3 is 2.45 bits per heavy atom. The summed E-state index contributed by atoms with van der Waals surface area (Å²) in [7, 11) is 0. The van der Waals surface area contributed by atoms with Crippen molar-refractivity contribution >= 4 is 21.8 Å². The van der Waals surface area contributed by atoms with Crippen molar-refractivity contribution < 1.29 is 9.90 Å². The van der Waals surface area contributed by atoms with Gasteiger partial charge in [-0.3, -0.25) is 4.79 Å². The van der Waals surface area contributed by atoms with Crippen LogP contribution in [0.4, 0.5) is 0 Å². The third-order valence-electron chi connectivity index (χ3n) is 4.71. The molecule has 0 bridgehead atoms. The number of hydrogen-bond donors (Lipinski definition) is 1. The molecule has 1 saturated heterocycles. The van der Waals surface area contributed by atoms with Crippen LogP contribution in [0.5, 0.6) is 0 Å². The number of nitrogens with zero attached hydrogens (tertiary/aromatic N) is 1. The number of carbonyl (C=O) groups is 1. The standard InChI is InChI=1S/C16H20BrNO2/c17-13-5-3-12(4-6-13)16(8-1-2-9-16)15(20)18-10-7-14(19)11-18/h3-6,14,19H,1-2,7-11H2/t14-/m1/s1. The maximum atomic E-state index is 13.0. The summed E-state index contributed by atoms with van der Waals surface area (Å²) in [5.41, 5.74) is 0.773. The summed E-state index contributed by atoms with van der Waals surface area (Å²) in [6.45, 7) is 1.19. The first-order valence-corrected chi connectivity index (χ1v) is 8.15. The summed E-state index contributed by atoms with van der Waals surface area (Å²) < 4.78 is 1.04. The van der Waals surface area contributed by atoms with Crippen LogP contribution in [0.25, 0.3) is 0 Å². The van der Waals surface area contributed by atoms with Gasteiger partial charge in [-0.05, 0) is 37.0 Å². The summed E-state index contributed by atoms with van der Waals surface area (Å²) in [6, 6.07) is 8.17. The van der Waals surface area contributed by atoms with E-state index in [1.807, 2.05) is 17.0 Å². The molecule has 4 heteroatoms. The van der Waals surface area contributed by atoms with Crippen LogP contribution in [0, 0.1) is 0 Å². The number of aliphatic hydroxyl groups is 1. The molecule has 0 radical (unpaired) electrons. The Hall–Kier alpha value is -0.870. The second kappa shape index (κ2) is 5.49. The van der Waals surface area contributed by atoms with Gasteiger partial charge in [0.05, 0.1) is 11.5 Å². The molecule has 3 rings (SSSR count). The number of carbonyl (C=O) groups excluding carboxylic acids is 1. The van der Waals surface area contributed by atoms with Crippen molar-refractivity contribution in [3.63, 3.8) is 0 Å². The highest BCUT2D eigenvalue weighted by Crippen LogP contribution is 2.43. The van der Waals surface area contributed by atoms with Crippen LogP contribution >= 0.6 is 15.9 Å². The third kappa shape index (κ3) is 2.40. The Balaban J connectivity index is 1.91. The molecule has 2 fully saturated rings. The minimum atomic E-state index is -0.356. The molecule has 1 saturated carbocycles. The molecule has 1 aromatic carbocycles. The van der Waals surface area contributed by atoms with E-state index in [0.29, 0.717) is 19.5 Å². The predicted molar refractivity (Wildman–Crippen MR) is 81.5 cm³/mol. The highest BCUT2D eigenvalue weighted by atomic mass is 79.9. The molecule has 1 aliphatic heterocycles. The first-order valence-electron chi connectivity index (χ1n) is 7.35. The largest absolute Gasteiger partial charge is 0.391 e. The van der Waals surface area contributed by atoms with Crippen LogP contribution in [0.2, 0.25) is 0 Å². The molecule has 1 aromatic rings. The van der Waals surface area contributed by atoms with Crippen LogP contribution in [0.1, 0.15) is 37.7 Å². The number of amides is 1. The van der Waals surface area contributed by atoms with Gasteiger partial charge < -0.3 is 10.0 Å². The van der Waals surface area contributed by atoms with E-state index >= 15 is 0 Å². The summed E-state index contributed by atoms with van der Waals surface area (Å²) >= 11 is 3.45. The first kappa shape index (κ1) is 14.1. The molecule has 20 heavy (non-hydrogen) atoms. The van der Waals surface area contributed by atoms with Crippen molar-refractivity contribution in [1.82, 2.24) is 4.90 Å². The van der Waals surface area contributed by atoms with Crippen molar-refractivity contribution in [1.29, 1.82) is 0 Å². The minimum absolute atomic E-state index is 0.217. The lowest BCUT2D eigenvalue weighted by atomic mass is 9.77. The second-order valence-electron chi connectivity index (χ2n) is 5.99. The lowest BCUT2D eigenvalue weighted by molar-refractivity contribution is -0.136. The van der Waals surface area contributed by atoms with E-state index in [-0.39, 0.29) is 17.4 Å². The highest BCUT2D eigenvalue weighted by Gasteiger charge is 2.46. The Morgan fingerprint density at radius 2 is 1.90 bits per heavy atom. The monoisotopic (exact) mass is 337 g/mol. The van der Waals surface area contributed by atoms with Crippen LogP contribution in [0.15, 0.2) is 28.7 Å². The van der Waals surface area contributed by atoms with Gasteiger partial charge in [-0.25, -0.2) is 0 Å². The smallest absolute Gasteiger partial charge is 0.233 e. The third-order valence-corrected chi connectivity index (χ3v) is 5.24. The van der Waals surface area contributed by atoms with Gasteiger partial charge in [0.25, 0.3) is 0 Å². The van der Waals surface area contributed by atoms with Gasteiger partial charge in [-0.15, -0.1) is 0 Å². The fourth-order valence-electron chi connectivity index (χ4n) is 3.60. The zero-order valence-electron chi connectivity index (χ0n) is 11.5. The van der Waals surface area contributed by atoms with E-state index in [2.05, 4.69) is 28.1 Å². The molecule has 1 aliphatic carbocycles. The molecule has 3 nitrogen and oxygen atoms in total. The van der Waals surface area contributed by atoms with Gasteiger partial charge >= 0.3 is 0 Å². The molecular weight excluding hydrogens is 318 g/mol. The summed E-state index contributed by atoms with van der Waals surface area (Å²) in [5.74, 6) is 0.217. The highest BCUT2D eigenvalue weighted by molar-refractivity contribution is 9.10. The summed E-state index contributed by atoms with van der Waals surface area (Å²) in [4.78, 5) is 14.9. The molecule has 2 aliphatic rings. The van der Waals surface area contributed by atoms with E-state index in [4.69, 9.17) is 0 Å². The van der Waals surface area contributed by atoms with Gasteiger partial charge in [-0.1, -0.05) is 40.9 Å². The van der Waals surface area contributed by atoms with Crippen molar-refractivity contribution in [2.45, 2.75) is 43.6 Å². The number of rotatable bonds is 2. The van der Waals surface area contributed by atoms with Crippen molar-refractivity contribution in [3.8, 4) is 0 Å². The van der Waals surface area contributed by atoms with Crippen LogP contribution in [-0.4, -0.2) is 35.1 Å². The molecule has 0 aromatic heterocycles. The maximum absolute atomic E-state index is 13.0. The number of hydrogen-bond acceptors (Lipinski definition) is 2. The quantitative estimate of drug-likeness (QED) is 0.901. The predicted octanol–water partition coefficient (Wildman–Crippen LogP) is 2.85. The number of β-amino-alcohol motifs (C(OH)–C–C–N with tert-alkyl or cyclic N) is 1. The molecular formula is C16H20BrNO2. The number of aliphatic hydroxyl groups excluding tert-OH is 1. The van der Waals surface area contributed by atoms with E-state index < -0.39 is 0 Å². The summed E-state index contributed by atoms with van der Waals surface area (Å²) in [5, 5.41) is 9.68. The Bertz CT molecular complexity index is 494. The van der Waals surface area contributed by atoms with E-state index in [0.717, 1.165) is 35.7 Å². The fourth-order valence-corrected chi connectivity index (χ4v) is 3.87. The zero-order chi connectivity index (χ0) is 14.2. The molecule has 0 unspecified atom stereocenters. The Labute approximate surface area is 128 Å².